The van der Waals surface area contributed by atoms with Crippen LogP contribution >= 0.6 is 0 Å². The Bertz CT molecular complexity index is 773. The van der Waals surface area contributed by atoms with Gasteiger partial charge in [0, 0.05) is 0 Å². The Hall–Kier alpha value is -2.46. The molecule has 0 aliphatic rings. The van der Waals surface area contributed by atoms with Gasteiger partial charge in [0.25, 0.3) is 0 Å². The van der Waals surface area contributed by atoms with Gasteiger partial charge < -0.3 is 37.9 Å². The third-order valence-corrected chi connectivity index (χ3v) is 4.74. The van der Waals surface area contributed by atoms with Crippen molar-refractivity contribution in [2.75, 3.05) is 92.5 Å². The highest BCUT2D eigenvalue weighted by Gasteiger charge is 2.08. The van der Waals surface area contributed by atoms with E-state index in [2.05, 4.69) is 13.2 Å². The van der Waals surface area contributed by atoms with Gasteiger partial charge in [-0.25, -0.2) is 0 Å². The topological polar surface area (TPSA) is 73.8 Å². The standard InChI is InChI=1S/C28H40O8/c1-3-9-29-11-13-31-15-17-33-19-21-35-27-23-25-7-5-6-8-26(25)24-28(27)36-22-20-34-18-16-32-14-12-30-10-4-2/h3-8,23-24H,1-2,9-22H2. The maximum Gasteiger partial charge on any atom is 0.161 e. The van der Waals surface area contributed by atoms with E-state index in [-0.39, 0.29) is 0 Å². The fraction of sp³-hybridized carbons (Fsp3) is 0.500. The lowest BCUT2D eigenvalue weighted by molar-refractivity contribution is 0.0118. The maximum atomic E-state index is 5.97. The molecule has 0 aliphatic heterocycles. The predicted molar refractivity (Wildman–Crippen MR) is 140 cm³/mol. The van der Waals surface area contributed by atoms with Crippen molar-refractivity contribution in [2.24, 2.45) is 0 Å². The Morgan fingerprint density at radius 2 is 0.806 bits per heavy atom. The molecule has 0 atom stereocenters. The molecule has 0 fully saturated rings. The molecule has 2 rings (SSSR count). The molecule has 0 N–H and O–H groups in total. The molecule has 0 aliphatic carbocycles. The van der Waals surface area contributed by atoms with Crippen LogP contribution in [0, 0.1) is 0 Å². The Kier molecular flexibility index (Phi) is 17.1. The van der Waals surface area contributed by atoms with E-state index in [9.17, 15) is 0 Å². The molecule has 0 saturated carbocycles. The lowest BCUT2D eigenvalue weighted by Gasteiger charge is -2.15. The van der Waals surface area contributed by atoms with Gasteiger partial charge in [-0.15, -0.1) is 13.2 Å². The third kappa shape index (κ3) is 13.6. The number of hydrogen-bond donors (Lipinski definition) is 0. The SMILES string of the molecule is C=CCOCCOCCOCCOc1cc2ccccc2cc1OCCOCCOCCOCC=C. The number of ether oxygens (including phenoxy) is 8. The van der Waals surface area contributed by atoms with Gasteiger partial charge in [0.1, 0.15) is 13.2 Å². The molecule has 0 saturated heterocycles. The normalized spacial score (nSPS) is 11.0. The van der Waals surface area contributed by atoms with Crippen molar-refractivity contribution in [1.82, 2.24) is 0 Å². The third-order valence-electron chi connectivity index (χ3n) is 4.74. The van der Waals surface area contributed by atoms with Crippen LogP contribution in [0.1, 0.15) is 0 Å². The molecule has 0 spiro atoms. The minimum absolute atomic E-state index is 0.404. The first-order valence-corrected chi connectivity index (χ1v) is 12.3. The van der Waals surface area contributed by atoms with E-state index < -0.39 is 0 Å². The van der Waals surface area contributed by atoms with E-state index in [4.69, 9.17) is 37.9 Å². The smallest absolute Gasteiger partial charge is 0.161 e. The molecule has 0 radical (unpaired) electrons. The molecule has 0 bridgehead atoms. The van der Waals surface area contributed by atoms with Crippen molar-refractivity contribution in [1.29, 1.82) is 0 Å². The van der Waals surface area contributed by atoms with Crippen molar-refractivity contribution in [3.8, 4) is 11.5 Å². The molecule has 8 nitrogen and oxygen atoms in total. The number of benzene rings is 2. The van der Waals surface area contributed by atoms with Crippen LogP contribution in [-0.2, 0) is 28.4 Å². The van der Waals surface area contributed by atoms with Crippen LogP contribution in [0.4, 0.5) is 0 Å². The minimum atomic E-state index is 0.404. The zero-order valence-corrected chi connectivity index (χ0v) is 21.2. The van der Waals surface area contributed by atoms with Gasteiger partial charge >= 0.3 is 0 Å². The van der Waals surface area contributed by atoms with Gasteiger partial charge in [0.2, 0.25) is 0 Å². The molecule has 8 heteroatoms. The van der Waals surface area contributed by atoms with Gasteiger partial charge in [0.15, 0.2) is 11.5 Å². The Morgan fingerprint density at radius 1 is 0.472 bits per heavy atom. The molecule has 0 amide bonds. The van der Waals surface area contributed by atoms with E-state index in [0.717, 1.165) is 10.8 Å². The second-order valence-electron chi connectivity index (χ2n) is 7.52. The fourth-order valence-corrected chi connectivity index (χ4v) is 3.06. The lowest BCUT2D eigenvalue weighted by atomic mass is 10.1. The van der Waals surface area contributed by atoms with E-state index in [1.165, 1.54) is 0 Å². The summed E-state index contributed by atoms with van der Waals surface area (Å²) in [5.74, 6) is 1.35. The van der Waals surface area contributed by atoms with Crippen LogP contribution in [0.15, 0.2) is 61.7 Å². The van der Waals surface area contributed by atoms with E-state index in [0.29, 0.717) is 104 Å². The summed E-state index contributed by atoms with van der Waals surface area (Å²) in [5.41, 5.74) is 0. The van der Waals surface area contributed by atoms with Crippen molar-refractivity contribution < 1.29 is 37.9 Å². The second kappa shape index (κ2) is 20.7. The number of fused-ring (bicyclic) bond motifs is 1. The summed E-state index contributed by atoms with van der Waals surface area (Å²) in [6.45, 7) is 14.1. The monoisotopic (exact) mass is 504 g/mol. The summed E-state index contributed by atoms with van der Waals surface area (Å²) in [6, 6.07) is 12.1. The lowest BCUT2D eigenvalue weighted by Crippen LogP contribution is -2.14. The molecule has 2 aromatic rings. The molecule has 0 heterocycles. The van der Waals surface area contributed by atoms with E-state index >= 15 is 0 Å². The van der Waals surface area contributed by atoms with Gasteiger partial charge in [-0.1, -0.05) is 36.4 Å². The molecular weight excluding hydrogens is 464 g/mol. The van der Waals surface area contributed by atoms with Crippen molar-refractivity contribution >= 4 is 10.8 Å². The van der Waals surface area contributed by atoms with Gasteiger partial charge in [-0.3, -0.25) is 0 Å². The first kappa shape index (κ1) is 29.8. The van der Waals surface area contributed by atoms with Crippen LogP contribution < -0.4 is 9.47 Å². The Labute approximate surface area is 214 Å². The van der Waals surface area contributed by atoms with Crippen LogP contribution in [0.2, 0.25) is 0 Å². The highest BCUT2D eigenvalue weighted by Crippen LogP contribution is 2.32. The summed E-state index contributed by atoms with van der Waals surface area (Å²) in [7, 11) is 0. The number of hydrogen-bond acceptors (Lipinski definition) is 8. The zero-order valence-electron chi connectivity index (χ0n) is 21.2. The summed E-state index contributed by atoms with van der Waals surface area (Å²) >= 11 is 0. The molecule has 36 heavy (non-hydrogen) atoms. The van der Waals surface area contributed by atoms with Crippen molar-refractivity contribution in [3.05, 3.63) is 61.7 Å². The number of rotatable bonds is 24. The fourth-order valence-electron chi connectivity index (χ4n) is 3.06. The molecular formula is C28H40O8. The summed E-state index contributed by atoms with van der Waals surface area (Å²) < 4.78 is 44.5. The molecule has 0 aromatic heterocycles. The van der Waals surface area contributed by atoms with Crippen molar-refractivity contribution in [2.45, 2.75) is 0 Å². The molecule has 200 valence electrons. The summed E-state index contributed by atoms with van der Waals surface area (Å²) in [4.78, 5) is 0. The van der Waals surface area contributed by atoms with Crippen molar-refractivity contribution in [3.63, 3.8) is 0 Å². The minimum Gasteiger partial charge on any atom is -0.487 e. The Balaban J connectivity index is 1.64. The summed E-state index contributed by atoms with van der Waals surface area (Å²) in [5, 5.41) is 2.16. The largest absolute Gasteiger partial charge is 0.487 e. The Morgan fingerprint density at radius 3 is 1.17 bits per heavy atom. The van der Waals surface area contributed by atoms with E-state index in [1.54, 1.807) is 12.2 Å². The molecule has 2 aromatic carbocycles. The van der Waals surface area contributed by atoms with Gasteiger partial charge in [-0.05, 0) is 22.9 Å². The van der Waals surface area contributed by atoms with Crippen LogP contribution in [0.5, 0.6) is 11.5 Å². The van der Waals surface area contributed by atoms with Crippen LogP contribution in [-0.4, -0.2) is 92.5 Å². The second-order valence-corrected chi connectivity index (χ2v) is 7.52. The summed E-state index contributed by atoms with van der Waals surface area (Å²) in [6.07, 6.45) is 3.43. The first-order valence-electron chi connectivity index (χ1n) is 12.3. The molecule has 0 unspecified atom stereocenters. The first-order chi connectivity index (χ1) is 17.8. The van der Waals surface area contributed by atoms with Gasteiger partial charge in [0.05, 0.1) is 79.3 Å². The average Bonchev–Trinajstić information content (AvgIpc) is 2.90. The quantitative estimate of drug-likeness (QED) is 0.157. The highest BCUT2D eigenvalue weighted by atomic mass is 16.6. The van der Waals surface area contributed by atoms with E-state index in [1.807, 2.05) is 36.4 Å². The average molecular weight is 505 g/mol. The highest BCUT2D eigenvalue weighted by molar-refractivity contribution is 5.86. The van der Waals surface area contributed by atoms with Crippen LogP contribution in [0.25, 0.3) is 10.8 Å². The van der Waals surface area contributed by atoms with Crippen LogP contribution in [0.3, 0.4) is 0 Å². The predicted octanol–water partition coefficient (Wildman–Crippen LogP) is 4.07. The zero-order chi connectivity index (χ0) is 25.5. The van der Waals surface area contributed by atoms with Gasteiger partial charge in [-0.2, -0.15) is 0 Å². The maximum absolute atomic E-state index is 5.97.